The molecule has 12 heteroatoms. The first-order valence-corrected chi connectivity index (χ1v) is 11.1. The number of hydrogen-bond acceptors (Lipinski definition) is 10. The maximum absolute atomic E-state index is 11.9. The minimum absolute atomic E-state index is 0.115. The number of carbonyl (C=O) groups is 2. The summed E-state index contributed by atoms with van der Waals surface area (Å²) in [6.07, 6.45) is -7.45. The molecule has 12 nitrogen and oxygen atoms in total. The summed E-state index contributed by atoms with van der Waals surface area (Å²) in [5, 5.41) is 53.6. The van der Waals surface area contributed by atoms with Crippen molar-refractivity contribution in [2.45, 2.75) is 75.5 Å². The molecule has 0 radical (unpaired) electrons. The van der Waals surface area contributed by atoms with Crippen molar-refractivity contribution in [1.82, 2.24) is 5.32 Å². The van der Waals surface area contributed by atoms with Crippen molar-refractivity contribution in [3.8, 4) is 0 Å². The quantitative estimate of drug-likeness (QED) is 0.201. The maximum Gasteiger partial charge on any atom is 0.333 e. The van der Waals surface area contributed by atoms with Gasteiger partial charge in [0, 0.05) is 25.9 Å². The molecule has 2 aliphatic heterocycles. The van der Waals surface area contributed by atoms with Gasteiger partial charge in [0.1, 0.15) is 18.3 Å². The maximum atomic E-state index is 11.9. The summed E-state index contributed by atoms with van der Waals surface area (Å²) in [5.41, 5.74) is -1.02. The number of hydrogen-bond donors (Lipinski definition) is 6. The minimum atomic E-state index is -1.42. The second-order valence-electron chi connectivity index (χ2n) is 8.89. The monoisotopic (exact) mass is 479 g/mol. The molecule has 2 heterocycles. The molecular formula is C21H37NO11. The zero-order valence-corrected chi connectivity index (χ0v) is 19.4. The Hall–Kier alpha value is -1.38. The fraction of sp³-hybridized carbons (Fsp3) is 0.905. The van der Waals surface area contributed by atoms with Gasteiger partial charge in [-0.2, -0.15) is 0 Å². The predicted octanol–water partition coefficient (Wildman–Crippen LogP) is -2.12. The number of nitrogens with one attached hydrogen (secondary N) is 1. The summed E-state index contributed by atoms with van der Waals surface area (Å²) < 4.78 is 22.0. The van der Waals surface area contributed by atoms with Gasteiger partial charge in [-0.05, 0) is 13.3 Å². The minimum Gasteiger partial charge on any atom is -0.479 e. The first-order valence-electron chi connectivity index (χ1n) is 11.1. The third-order valence-corrected chi connectivity index (χ3v) is 6.63. The number of amides is 1. The second kappa shape index (κ2) is 11.8. The van der Waals surface area contributed by atoms with E-state index in [4.69, 9.17) is 18.9 Å². The van der Waals surface area contributed by atoms with Gasteiger partial charge < -0.3 is 49.8 Å². The number of aliphatic hydroxyl groups excluding tert-OH is 4. The SMILES string of the molecule is CCC1OC(CO)[C@@H](O)[C@@H](COCC2OC(C(=O)O)[C@@H](COC)[C@@H](O)[C@@H]2O)[C@]1(C)NC(C)=O. The van der Waals surface area contributed by atoms with Crippen molar-refractivity contribution in [2.75, 3.05) is 33.5 Å². The summed E-state index contributed by atoms with van der Waals surface area (Å²) >= 11 is 0. The van der Waals surface area contributed by atoms with E-state index in [-0.39, 0.29) is 25.7 Å². The van der Waals surface area contributed by atoms with Crippen LogP contribution in [0.5, 0.6) is 0 Å². The molecule has 192 valence electrons. The third kappa shape index (κ3) is 6.01. The largest absolute Gasteiger partial charge is 0.479 e. The lowest BCUT2D eigenvalue weighted by molar-refractivity contribution is -0.234. The van der Waals surface area contributed by atoms with Gasteiger partial charge in [0.2, 0.25) is 5.91 Å². The van der Waals surface area contributed by atoms with Crippen molar-refractivity contribution < 1.29 is 54.1 Å². The van der Waals surface area contributed by atoms with Gasteiger partial charge in [-0.3, -0.25) is 4.79 Å². The van der Waals surface area contributed by atoms with Crippen LogP contribution >= 0.6 is 0 Å². The van der Waals surface area contributed by atoms with Gasteiger partial charge in [0.05, 0.1) is 50.3 Å². The van der Waals surface area contributed by atoms with Crippen LogP contribution in [-0.4, -0.2) is 119 Å². The van der Waals surface area contributed by atoms with Gasteiger partial charge in [-0.25, -0.2) is 4.79 Å². The Bertz CT molecular complexity index is 664. The van der Waals surface area contributed by atoms with Gasteiger partial charge in [0.25, 0.3) is 0 Å². The fourth-order valence-electron chi connectivity index (χ4n) is 4.87. The fourth-order valence-corrected chi connectivity index (χ4v) is 4.87. The summed E-state index contributed by atoms with van der Waals surface area (Å²) in [5.74, 6) is -3.29. The second-order valence-corrected chi connectivity index (χ2v) is 8.89. The molecule has 2 rings (SSSR count). The number of methoxy groups -OCH3 is 1. The highest BCUT2D eigenvalue weighted by Crippen LogP contribution is 2.37. The van der Waals surface area contributed by atoms with E-state index in [0.29, 0.717) is 6.42 Å². The van der Waals surface area contributed by atoms with Crippen LogP contribution in [0.2, 0.25) is 0 Å². The smallest absolute Gasteiger partial charge is 0.333 e. The Morgan fingerprint density at radius 3 is 2.21 bits per heavy atom. The zero-order chi connectivity index (χ0) is 24.9. The molecule has 0 aromatic rings. The average Bonchev–Trinajstić information content (AvgIpc) is 2.74. The van der Waals surface area contributed by atoms with E-state index in [1.807, 2.05) is 6.92 Å². The molecule has 33 heavy (non-hydrogen) atoms. The van der Waals surface area contributed by atoms with Crippen LogP contribution < -0.4 is 5.32 Å². The molecule has 2 aliphatic rings. The van der Waals surface area contributed by atoms with Crippen LogP contribution in [0, 0.1) is 11.8 Å². The topological polar surface area (TPSA) is 184 Å². The van der Waals surface area contributed by atoms with Gasteiger partial charge in [-0.15, -0.1) is 0 Å². The van der Waals surface area contributed by atoms with Gasteiger partial charge >= 0.3 is 5.97 Å². The third-order valence-electron chi connectivity index (χ3n) is 6.63. The Morgan fingerprint density at radius 2 is 1.70 bits per heavy atom. The van der Waals surface area contributed by atoms with Gasteiger partial charge in [-0.1, -0.05) is 6.92 Å². The van der Waals surface area contributed by atoms with Crippen LogP contribution in [-0.2, 0) is 28.5 Å². The molecule has 0 aromatic heterocycles. The molecule has 10 atom stereocenters. The summed E-state index contributed by atoms with van der Waals surface area (Å²) in [4.78, 5) is 23.5. The van der Waals surface area contributed by atoms with Crippen molar-refractivity contribution in [1.29, 1.82) is 0 Å². The van der Waals surface area contributed by atoms with E-state index < -0.39 is 72.7 Å². The highest BCUT2D eigenvalue weighted by molar-refractivity contribution is 5.74. The summed E-state index contributed by atoms with van der Waals surface area (Å²) in [6.45, 7) is 3.98. The van der Waals surface area contributed by atoms with Crippen LogP contribution in [0.1, 0.15) is 27.2 Å². The lowest BCUT2D eigenvalue weighted by atomic mass is 9.73. The molecule has 2 fully saturated rings. The van der Waals surface area contributed by atoms with E-state index in [1.54, 1.807) is 6.92 Å². The molecule has 0 spiro atoms. The highest BCUT2D eigenvalue weighted by atomic mass is 16.6. The summed E-state index contributed by atoms with van der Waals surface area (Å²) in [6, 6.07) is 0. The van der Waals surface area contributed by atoms with E-state index in [0.717, 1.165) is 0 Å². The lowest BCUT2D eigenvalue weighted by Crippen LogP contribution is -2.69. The number of carboxylic acids is 1. The lowest BCUT2D eigenvalue weighted by Gasteiger charge is -2.52. The Kier molecular flexibility index (Phi) is 10.0. The van der Waals surface area contributed by atoms with E-state index >= 15 is 0 Å². The number of ether oxygens (including phenoxy) is 4. The van der Waals surface area contributed by atoms with Crippen LogP contribution in [0.15, 0.2) is 0 Å². The average molecular weight is 480 g/mol. The van der Waals surface area contributed by atoms with E-state index in [1.165, 1.54) is 14.0 Å². The van der Waals surface area contributed by atoms with Crippen LogP contribution in [0.25, 0.3) is 0 Å². The summed E-state index contributed by atoms with van der Waals surface area (Å²) in [7, 11) is 1.35. The normalized spacial score (nSPS) is 41.5. The molecule has 0 aliphatic carbocycles. The standard InChI is InChI=1S/C21H37NO11/c1-5-15-21(3,22-10(2)24)12(17(26)13(6-23)32-15)8-31-9-14-18(27)16(25)11(7-30-4)19(33-14)20(28)29/h11-19,23,25-27H,5-9H2,1-4H3,(H,22,24)(H,28,29)/t11-,12+,13?,14?,15?,16+,17-,18+,19?,21-/m0/s1. The number of carbonyl (C=O) groups excluding carboxylic acids is 1. The van der Waals surface area contributed by atoms with Gasteiger partial charge in [0.15, 0.2) is 6.10 Å². The molecule has 4 unspecified atom stereocenters. The van der Waals surface area contributed by atoms with Crippen LogP contribution in [0.4, 0.5) is 0 Å². The van der Waals surface area contributed by atoms with Crippen LogP contribution in [0.3, 0.4) is 0 Å². The molecule has 0 bridgehead atoms. The predicted molar refractivity (Wildman–Crippen MR) is 112 cm³/mol. The van der Waals surface area contributed by atoms with Crippen molar-refractivity contribution in [3.63, 3.8) is 0 Å². The highest BCUT2D eigenvalue weighted by Gasteiger charge is 2.53. The molecule has 0 aromatic carbocycles. The number of aliphatic carboxylic acids is 1. The molecule has 6 N–H and O–H groups in total. The number of aliphatic hydroxyl groups is 4. The Morgan fingerprint density at radius 1 is 1.03 bits per heavy atom. The van der Waals surface area contributed by atoms with E-state index in [2.05, 4.69) is 5.32 Å². The van der Waals surface area contributed by atoms with Crippen molar-refractivity contribution in [2.24, 2.45) is 11.8 Å². The van der Waals surface area contributed by atoms with Crippen molar-refractivity contribution in [3.05, 3.63) is 0 Å². The number of carboxylic acid groups (broad SMARTS) is 1. The molecule has 2 saturated heterocycles. The molecule has 1 amide bonds. The Balaban J connectivity index is 2.14. The Labute approximate surface area is 192 Å². The van der Waals surface area contributed by atoms with Crippen molar-refractivity contribution >= 4 is 11.9 Å². The first-order chi connectivity index (χ1) is 15.5. The molecular weight excluding hydrogens is 442 g/mol. The molecule has 0 saturated carbocycles. The number of rotatable bonds is 10. The first kappa shape index (κ1) is 27.9. The van der Waals surface area contributed by atoms with E-state index in [9.17, 15) is 35.1 Å². The zero-order valence-electron chi connectivity index (χ0n) is 19.4.